The van der Waals surface area contributed by atoms with Crippen LogP contribution in [0.4, 0.5) is 14.6 Å². The second-order valence-corrected chi connectivity index (χ2v) is 8.71. The molecule has 0 saturated carbocycles. The molecule has 196 valence electrons. The monoisotopic (exact) mass is 543 g/mol. The lowest BCUT2D eigenvalue weighted by Crippen LogP contribution is -2.24. The van der Waals surface area contributed by atoms with Crippen LogP contribution in [0.25, 0.3) is 28.2 Å². The number of aromatic nitrogens is 8. The van der Waals surface area contributed by atoms with Crippen LogP contribution in [0.15, 0.2) is 53.6 Å². The third kappa shape index (κ3) is 4.40. The summed E-state index contributed by atoms with van der Waals surface area (Å²) >= 11 is 6.24. The Morgan fingerprint density at radius 1 is 1.03 bits per heavy atom. The minimum atomic E-state index is -0.871. The minimum absolute atomic E-state index is 0. The van der Waals surface area contributed by atoms with Gasteiger partial charge < -0.3 is 26.2 Å². The average Bonchev–Trinajstić information content (AvgIpc) is 3.59. The van der Waals surface area contributed by atoms with E-state index in [9.17, 15) is 13.6 Å². The molecule has 5 aromatic rings. The number of benzene rings is 1. The van der Waals surface area contributed by atoms with Crippen LogP contribution in [-0.4, -0.2) is 50.7 Å². The number of nitrogens with one attached hydrogen (secondary N) is 1. The number of tetrazole rings is 1. The van der Waals surface area contributed by atoms with Gasteiger partial charge in [0.1, 0.15) is 18.0 Å². The summed E-state index contributed by atoms with van der Waals surface area (Å²) in [6.45, 7) is 0. The van der Waals surface area contributed by atoms with E-state index in [4.69, 9.17) is 17.3 Å². The lowest BCUT2D eigenvalue weighted by atomic mass is 10.0. The Morgan fingerprint density at radius 3 is 2.58 bits per heavy atom. The Bertz CT molecular complexity index is 1690. The fourth-order valence-corrected chi connectivity index (χ4v) is 4.75. The molecule has 5 heterocycles. The molecule has 7 N–H and O–H groups in total. The Labute approximate surface area is 217 Å². The molecule has 12 nitrogen and oxygen atoms in total. The number of anilines is 1. The molecule has 1 aliphatic rings. The second kappa shape index (κ2) is 10.1. The molecule has 1 aliphatic heterocycles. The van der Waals surface area contributed by atoms with E-state index >= 15 is 0 Å². The Hall–Kier alpha value is -4.53. The molecule has 0 fully saturated rings. The molecular formula is C23H20ClF2N9O3. The number of fused-ring (bicyclic) bond motifs is 1. The van der Waals surface area contributed by atoms with Crippen LogP contribution in [0.2, 0.25) is 5.02 Å². The predicted octanol–water partition coefficient (Wildman–Crippen LogP) is 1.68. The number of halogens is 3. The Balaban J connectivity index is 0.00000168. The zero-order valence-electron chi connectivity index (χ0n) is 19.4. The van der Waals surface area contributed by atoms with Gasteiger partial charge in [0, 0.05) is 22.3 Å². The molecule has 0 bridgehead atoms. The van der Waals surface area contributed by atoms with Crippen molar-refractivity contribution in [2.24, 2.45) is 0 Å². The summed E-state index contributed by atoms with van der Waals surface area (Å²) in [5, 5.41) is 11.8. The van der Waals surface area contributed by atoms with Crippen molar-refractivity contribution < 1.29 is 19.7 Å². The van der Waals surface area contributed by atoms with Crippen molar-refractivity contribution in [1.82, 2.24) is 39.7 Å². The van der Waals surface area contributed by atoms with Crippen molar-refractivity contribution in [3.8, 4) is 28.2 Å². The first-order valence-corrected chi connectivity index (χ1v) is 11.2. The van der Waals surface area contributed by atoms with Crippen LogP contribution in [0.3, 0.4) is 0 Å². The van der Waals surface area contributed by atoms with Crippen molar-refractivity contribution in [3.05, 3.63) is 87.5 Å². The number of hydrogen-bond donors (Lipinski definition) is 2. The number of nitrogens with zero attached hydrogens (tertiary/aromatic N) is 7. The predicted molar refractivity (Wildman–Crippen MR) is 134 cm³/mol. The number of imidazole rings is 1. The van der Waals surface area contributed by atoms with Crippen molar-refractivity contribution >= 4 is 17.4 Å². The Kier molecular flexibility index (Phi) is 7.04. The third-order valence-electron chi connectivity index (χ3n) is 6.14. The SMILES string of the molecule is Nc1ccc(-c2nc(F)c([C@H]3CCc4cc(-c5cc(Cl)ccc5-n5cnnn5)cc(=O)n43)[nH]2)c(F)n1.O.O. The van der Waals surface area contributed by atoms with Gasteiger partial charge in [0.15, 0.2) is 0 Å². The molecule has 0 unspecified atom stereocenters. The number of H-pyrrole nitrogens is 1. The number of hydrogen-bond acceptors (Lipinski definition) is 7. The molecule has 38 heavy (non-hydrogen) atoms. The largest absolute Gasteiger partial charge is 0.412 e. The van der Waals surface area contributed by atoms with Crippen LogP contribution < -0.4 is 11.3 Å². The van der Waals surface area contributed by atoms with E-state index in [-0.39, 0.29) is 39.4 Å². The molecular weight excluding hydrogens is 524 g/mol. The zero-order chi connectivity index (χ0) is 25.0. The summed E-state index contributed by atoms with van der Waals surface area (Å²) in [6.07, 6.45) is 2.41. The van der Waals surface area contributed by atoms with Crippen molar-refractivity contribution in [3.63, 3.8) is 0 Å². The molecule has 0 radical (unpaired) electrons. The maximum Gasteiger partial charge on any atom is 0.251 e. The highest BCUT2D eigenvalue weighted by Gasteiger charge is 2.30. The zero-order valence-corrected chi connectivity index (χ0v) is 20.1. The molecule has 1 atom stereocenters. The average molecular weight is 544 g/mol. The van der Waals surface area contributed by atoms with Crippen LogP contribution in [-0.2, 0) is 6.42 Å². The van der Waals surface area contributed by atoms with E-state index in [1.54, 1.807) is 18.2 Å². The molecule has 0 spiro atoms. The van der Waals surface area contributed by atoms with Gasteiger partial charge in [0.05, 0.1) is 23.0 Å². The first kappa shape index (κ1) is 26.5. The number of pyridine rings is 2. The van der Waals surface area contributed by atoms with Gasteiger partial charge >= 0.3 is 0 Å². The van der Waals surface area contributed by atoms with Crippen LogP contribution in [0.5, 0.6) is 0 Å². The van der Waals surface area contributed by atoms with E-state index in [2.05, 4.69) is 30.5 Å². The summed E-state index contributed by atoms with van der Waals surface area (Å²) in [6, 6.07) is 10.6. The smallest absolute Gasteiger partial charge is 0.251 e. The number of nitrogen functional groups attached to an aromatic ring is 1. The van der Waals surface area contributed by atoms with Crippen LogP contribution in [0, 0.1) is 11.9 Å². The topological polar surface area (TPSA) is 196 Å². The van der Waals surface area contributed by atoms with E-state index < -0.39 is 17.9 Å². The number of rotatable bonds is 4. The van der Waals surface area contributed by atoms with E-state index in [1.807, 2.05) is 6.07 Å². The highest BCUT2D eigenvalue weighted by atomic mass is 35.5. The van der Waals surface area contributed by atoms with Crippen molar-refractivity contribution in [1.29, 1.82) is 0 Å². The molecule has 0 saturated heterocycles. The van der Waals surface area contributed by atoms with Gasteiger partial charge in [-0.2, -0.15) is 18.4 Å². The maximum atomic E-state index is 14.9. The molecule has 6 rings (SSSR count). The van der Waals surface area contributed by atoms with Gasteiger partial charge in [-0.15, -0.1) is 5.10 Å². The van der Waals surface area contributed by atoms with Gasteiger partial charge in [0.25, 0.3) is 5.56 Å². The normalized spacial score (nSPS) is 14.0. The van der Waals surface area contributed by atoms with Gasteiger partial charge in [-0.25, -0.2) is 4.98 Å². The maximum absolute atomic E-state index is 14.9. The lowest BCUT2D eigenvalue weighted by Gasteiger charge is -2.15. The van der Waals surface area contributed by atoms with Gasteiger partial charge in [-0.1, -0.05) is 11.6 Å². The molecule has 15 heteroatoms. The molecule has 0 aliphatic carbocycles. The summed E-state index contributed by atoms with van der Waals surface area (Å²) in [7, 11) is 0. The number of nitrogens with two attached hydrogens (primary N) is 1. The van der Waals surface area contributed by atoms with E-state index in [1.165, 1.54) is 33.8 Å². The summed E-state index contributed by atoms with van der Waals surface area (Å²) in [5.74, 6) is -1.72. The van der Waals surface area contributed by atoms with E-state index in [0.29, 0.717) is 40.4 Å². The number of aryl methyl sites for hydroxylation is 1. The first-order chi connectivity index (χ1) is 17.4. The first-order valence-electron chi connectivity index (χ1n) is 10.9. The van der Waals surface area contributed by atoms with Gasteiger partial charge in [0.2, 0.25) is 11.9 Å². The molecule has 4 aromatic heterocycles. The second-order valence-electron chi connectivity index (χ2n) is 8.28. The van der Waals surface area contributed by atoms with E-state index in [0.717, 1.165) is 0 Å². The standard InChI is InChI=1S/C23H16ClF2N9O.2H2O/c24-12-1-4-16(34-10-28-32-33-34)15(9-12)11-7-13-2-5-17(35(13)19(36)8-11)20-22(26)31-23(30-20)14-3-6-18(27)29-21(14)25;;/h1,3-4,6-10,17H,2,5H2,(H2,27,29)(H,30,31);2*1H2/t17-;;/m1../s1. The molecule has 0 amide bonds. The van der Waals surface area contributed by atoms with Crippen LogP contribution >= 0.6 is 11.6 Å². The lowest BCUT2D eigenvalue weighted by molar-refractivity contribution is 0.515. The highest BCUT2D eigenvalue weighted by molar-refractivity contribution is 6.31. The minimum Gasteiger partial charge on any atom is -0.412 e. The van der Waals surface area contributed by atoms with Crippen molar-refractivity contribution in [2.75, 3.05) is 5.73 Å². The highest BCUT2D eigenvalue weighted by Crippen LogP contribution is 2.35. The summed E-state index contributed by atoms with van der Waals surface area (Å²) in [5.41, 5.74) is 7.88. The third-order valence-corrected chi connectivity index (χ3v) is 6.38. The fourth-order valence-electron chi connectivity index (χ4n) is 4.57. The summed E-state index contributed by atoms with van der Waals surface area (Å²) in [4.78, 5) is 23.5. The van der Waals surface area contributed by atoms with Gasteiger partial charge in [-0.3, -0.25) is 4.79 Å². The molecule has 1 aromatic carbocycles. The quantitative estimate of drug-likeness (QED) is 0.321. The fraction of sp³-hybridized carbons (Fsp3) is 0.130. The van der Waals surface area contributed by atoms with Crippen molar-refractivity contribution in [2.45, 2.75) is 18.9 Å². The Morgan fingerprint density at radius 2 is 1.84 bits per heavy atom. The van der Waals surface area contributed by atoms with Crippen LogP contribution in [0.1, 0.15) is 23.9 Å². The summed E-state index contributed by atoms with van der Waals surface area (Å²) < 4.78 is 32.2. The van der Waals surface area contributed by atoms with Gasteiger partial charge in [-0.05, 0) is 65.2 Å². The number of aromatic amines is 1.